The third kappa shape index (κ3) is 2.38. The first kappa shape index (κ1) is 17.1. The molecule has 1 aliphatic rings. The second-order valence-electron chi connectivity index (χ2n) is 7.24. The molecule has 1 saturated heterocycles. The largest absolute Gasteiger partial charge is 0.360 e. The summed E-state index contributed by atoms with van der Waals surface area (Å²) in [5, 5.41) is 22.7. The average molecular weight is 328 g/mol. The second-order valence-corrected chi connectivity index (χ2v) is 7.24. The van der Waals surface area contributed by atoms with Crippen LogP contribution in [0.15, 0.2) is 60.7 Å². The number of benzene rings is 2. The molecular weight excluding hydrogens is 304 g/mol. The Kier molecular flexibility index (Phi) is 3.85. The maximum atomic E-state index is 11.3. The van der Waals surface area contributed by atoms with Gasteiger partial charge in [-0.1, -0.05) is 60.7 Å². The molecule has 1 heterocycles. The minimum Gasteiger partial charge on any atom is -0.360 e. The molecule has 0 aliphatic carbocycles. The van der Waals surface area contributed by atoms with E-state index in [4.69, 9.17) is 9.47 Å². The van der Waals surface area contributed by atoms with Gasteiger partial charge in [-0.15, -0.1) is 0 Å². The third-order valence-electron chi connectivity index (χ3n) is 4.77. The van der Waals surface area contributed by atoms with Crippen LogP contribution in [0.25, 0.3) is 0 Å². The number of rotatable bonds is 2. The molecule has 2 N–H and O–H groups in total. The van der Waals surface area contributed by atoms with Crippen molar-refractivity contribution in [1.29, 1.82) is 0 Å². The van der Waals surface area contributed by atoms with Crippen molar-refractivity contribution >= 4 is 0 Å². The van der Waals surface area contributed by atoms with Gasteiger partial charge < -0.3 is 19.7 Å². The lowest BCUT2D eigenvalue weighted by Crippen LogP contribution is -2.69. The monoisotopic (exact) mass is 328 g/mol. The van der Waals surface area contributed by atoms with E-state index in [1.54, 1.807) is 52.0 Å². The van der Waals surface area contributed by atoms with Gasteiger partial charge in [-0.05, 0) is 27.7 Å². The van der Waals surface area contributed by atoms with E-state index in [1.807, 2.05) is 36.4 Å². The molecule has 1 aliphatic heterocycles. The summed E-state index contributed by atoms with van der Waals surface area (Å²) in [6, 6.07) is 18.2. The molecule has 0 saturated carbocycles. The zero-order chi connectivity index (χ0) is 17.6. The first-order valence-electron chi connectivity index (χ1n) is 8.09. The van der Waals surface area contributed by atoms with Gasteiger partial charge in [-0.3, -0.25) is 0 Å². The lowest BCUT2D eigenvalue weighted by molar-refractivity contribution is -0.488. The van der Waals surface area contributed by atoms with Crippen LogP contribution in [0.3, 0.4) is 0 Å². The molecule has 3 rings (SSSR count). The summed E-state index contributed by atoms with van der Waals surface area (Å²) >= 11 is 0. The Morgan fingerprint density at radius 1 is 0.583 bits per heavy atom. The van der Waals surface area contributed by atoms with Gasteiger partial charge in [0.05, 0.1) is 0 Å². The molecule has 4 nitrogen and oxygen atoms in total. The van der Waals surface area contributed by atoms with Gasteiger partial charge in [0.2, 0.25) is 11.6 Å². The van der Waals surface area contributed by atoms with Gasteiger partial charge in [0.15, 0.2) is 0 Å². The highest BCUT2D eigenvalue weighted by Gasteiger charge is 2.65. The van der Waals surface area contributed by atoms with Crippen molar-refractivity contribution in [2.24, 2.45) is 0 Å². The minimum absolute atomic E-state index is 0.582. The first-order valence-corrected chi connectivity index (χ1v) is 8.09. The van der Waals surface area contributed by atoms with E-state index in [1.165, 1.54) is 0 Å². The summed E-state index contributed by atoms with van der Waals surface area (Å²) in [6.45, 7) is 6.85. The number of aliphatic hydroxyl groups is 2. The second kappa shape index (κ2) is 5.39. The normalized spacial score (nSPS) is 31.6. The van der Waals surface area contributed by atoms with Crippen LogP contribution < -0.4 is 0 Å². The Morgan fingerprint density at radius 3 is 1.17 bits per heavy atom. The van der Waals surface area contributed by atoms with Gasteiger partial charge in [-0.25, -0.2) is 0 Å². The van der Waals surface area contributed by atoms with E-state index in [0.717, 1.165) is 0 Å². The van der Waals surface area contributed by atoms with E-state index in [0.29, 0.717) is 11.1 Å². The lowest BCUT2D eigenvalue weighted by Gasteiger charge is -2.58. The van der Waals surface area contributed by atoms with Crippen molar-refractivity contribution < 1.29 is 19.7 Å². The van der Waals surface area contributed by atoms with E-state index in [2.05, 4.69) is 0 Å². The van der Waals surface area contributed by atoms with Crippen molar-refractivity contribution in [3.63, 3.8) is 0 Å². The minimum atomic E-state index is -1.70. The van der Waals surface area contributed by atoms with E-state index in [-0.39, 0.29) is 0 Å². The zero-order valence-corrected chi connectivity index (χ0v) is 14.5. The molecule has 1 fully saturated rings. The fourth-order valence-corrected chi connectivity index (χ4v) is 3.26. The highest BCUT2D eigenvalue weighted by atomic mass is 16.8. The van der Waals surface area contributed by atoms with Crippen molar-refractivity contribution in [2.45, 2.75) is 50.5 Å². The van der Waals surface area contributed by atoms with Crippen LogP contribution in [0, 0.1) is 0 Å². The Balaban J connectivity index is 2.11. The summed E-state index contributed by atoms with van der Waals surface area (Å²) in [4.78, 5) is 0. The maximum absolute atomic E-state index is 11.3. The quantitative estimate of drug-likeness (QED) is 0.888. The molecule has 0 bridgehead atoms. The van der Waals surface area contributed by atoms with Crippen molar-refractivity contribution in [3.05, 3.63) is 71.8 Å². The molecule has 0 amide bonds. The Labute approximate surface area is 142 Å². The van der Waals surface area contributed by atoms with Gasteiger partial charge in [0, 0.05) is 11.1 Å². The smallest absolute Gasteiger partial charge is 0.222 e. The molecule has 2 atom stereocenters. The van der Waals surface area contributed by atoms with Gasteiger partial charge in [-0.2, -0.15) is 0 Å². The standard InChI is InChI=1S/C20H24O4/c1-17(2)19(21,15-11-7-5-8-12-15)24-18(3,4)20(22,23-17)16-13-9-6-10-14-16/h5-14,21-22H,1-4H3/t19-,20-/m0/s1. The predicted molar refractivity (Wildman–Crippen MR) is 91.0 cm³/mol. The molecule has 4 heteroatoms. The summed E-state index contributed by atoms with van der Waals surface area (Å²) in [5.74, 6) is -3.39. The molecule has 0 radical (unpaired) electrons. The predicted octanol–water partition coefficient (Wildman–Crippen LogP) is 3.28. The number of hydrogen-bond donors (Lipinski definition) is 2. The summed E-state index contributed by atoms with van der Waals surface area (Å²) in [5.41, 5.74) is -1.21. The molecule has 24 heavy (non-hydrogen) atoms. The lowest BCUT2D eigenvalue weighted by atomic mass is 9.81. The number of ether oxygens (including phenoxy) is 2. The van der Waals surface area contributed by atoms with Crippen molar-refractivity contribution in [3.8, 4) is 0 Å². The van der Waals surface area contributed by atoms with Crippen LogP contribution in [0.1, 0.15) is 38.8 Å². The topological polar surface area (TPSA) is 58.9 Å². The molecule has 0 unspecified atom stereocenters. The van der Waals surface area contributed by atoms with Crippen LogP contribution in [0.5, 0.6) is 0 Å². The Hall–Kier alpha value is -1.72. The molecule has 0 spiro atoms. The molecule has 0 aromatic heterocycles. The van der Waals surface area contributed by atoms with Crippen LogP contribution in [-0.4, -0.2) is 21.4 Å². The van der Waals surface area contributed by atoms with Crippen molar-refractivity contribution in [2.75, 3.05) is 0 Å². The van der Waals surface area contributed by atoms with Crippen LogP contribution in [-0.2, 0) is 21.0 Å². The van der Waals surface area contributed by atoms with Gasteiger partial charge in [0.1, 0.15) is 11.2 Å². The maximum Gasteiger partial charge on any atom is 0.222 e. The molecule has 2 aromatic carbocycles. The fourth-order valence-electron chi connectivity index (χ4n) is 3.26. The molecule has 128 valence electrons. The highest BCUT2D eigenvalue weighted by Crippen LogP contribution is 2.53. The van der Waals surface area contributed by atoms with E-state index >= 15 is 0 Å². The highest BCUT2D eigenvalue weighted by molar-refractivity contribution is 5.29. The van der Waals surface area contributed by atoms with Crippen LogP contribution >= 0.6 is 0 Å². The SMILES string of the molecule is CC1(C)O[C@@](O)(c2ccccc2)C(C)(C)O[C@@]1(O)c1ccccc1. The Morgan fingerprint density at radius 2 is 0.875 bits per heavy atom. The Bertz CT molecular complexity index is 647. The van der Waals surface area contributed by atoms with E-state index < -0.39 is 22.8 Å². The van der Waals surface area contributed by atoms with Crippen LogP contribution in [0.2, 0.25) is 0 Å². The van der Waals surface area contributed by atoms with Crippen LogP contribution in [0.4, 0.5) is 0 Å². The molecule has 2 aromatic rings. The van der Waals surface area contributed by atoms with E-state index in [9.17, 15) is 10.2 Å². The third-order valence-corrected chi connectivity index (χ3v) is 4.77. The average Bonchev–Trinajstić information content (AvgIpc) is 2.54. The summed E-state index contributed by atoms with van der Waals surface area (Å²) in [6.07, 6.45) is 0. The number of hydrogen-bond acceptors (Lipinski definition) is 4. The van der Waals surface area contributed by atoms with Gasteiger partial charge in [0.25, 0.3) is 0 Å². The van der Waals surface area contributed by atoms with Crippen molar-refractivity contribution in [1.82, 2.24) is 0 Å². The zero-order valence-electron chi connectivity index (χ0n) is 14.5. The summed E-state index contributed by atoms with van der Waals surface area (Å²) < 4.78 is 12.2. The fraction of sp³-hybridized carbons (Fsp3) is 0.400. The first-order chi connectivity index (χ1) is 11.1. The summed E-state index contributed by atoms with van der Waals surface area (Å²) in [7, 11) is 0. The van der Waals surface area contributed by atoms with Gasteiger partial charge >= 0.3 is 0 Å². The molecular formula is C20H24O4.